The molecule has 0 spiro atoms. The number of aromatic hydroxyl groups is 3. The van der Waals surface area contributed by atoms with E-state index in [1.807, 2.05) is 39.0 Å². The minimum absolute atomic E-state index is 0.256. The van der Waals surface area contributed by atoms with Crippen molar-refractivity contribution in [2.45, 2.75) is 51.9 Å². The Morgan fingerprint density at radius 3 is 1.62 bits per heavy atom. The molecule has 1 unspecified atom stereocenters. The van der Waals surface area contributed by atoms with E-state index >= 15 is 0 Å². The van der Waals surface area contributed by atoms with E-state index in [1.54, 1.807) is 0 Å². The van der Waals surface area contributed by atoms with Gasteiger partial charge in [0.25, 0.3) is 0 Å². The van der Waals surface area contributed by atoms with Gasteiger partial charge in [0.05, 0.1) is 0 Å². The van der Waals surface area contributed by atoms with Crippen molar-refractivity contribution in [1.29, 1.82) is 0 Å². The fraction of sp³-hybridized carbons (Fsp3) is 0.379. The highest BCUT2D eigenvalue weighted by Gasteiger charge is 2.49. The molecule has 3 aromatic rings. The number of fused-ring (bicyclic) bond motifs is 2. The zero-order valence-electron chi connectivity index (χ0n) is 19.0. The first-order valence-electron chi connectivity index (χ1n) is 11.7. The molecule has 0 radical (unpaired) electrons. The second-order valence-electron chi connectivity index (χ2n) is 10.1. The zero-order chi connectivity index (χ0) is 22.6. The highest BCUT2D eigenvalue weighted by molar-refractivity contribution is 5.45. The fourth-order valence-corrected chi connectivity index (χ4v) is 6.48. The van der Waals surface area contributed by atoms with Gasteiger partial charge in [-0.05, 0) is 115 Å². The highest BCUT2D eigenvalue weighted by atomic mass is 16.3. The van der Waals surface area contributed by atoms with Gasteiger partial charge in [-0.25, -0.2) is 0 Å². The molecule has 0 heterocycles. The molecule has 0 amide bonds. The highest BCUT2D eigenvalue weighted by Crippen LogP contribution is 2.60. The van der Waals surface area contributed by atoms with E-state index in [2.05, 4.69) is 36.4 Å². The van der Waals surface area contributed by atoms with E-state index in [0.717, 1.165) is 16.7 Å². The molecule has 0 aliphatic heterocycles. The Balaban J connectivity index is 1.49. The minimum atomic E-state index is 0.256. The normalized spacial score (nSPS) is 24.4. The maximum Gasteiger partial charge on any atom is 0.118 e. The molecule has 2 fully saturated rings. The third-order valence-electron chi connectivity index (χ3n) is 8.15. The first-order valence-corrected chi connectivity index (χ1v) is 11.7. The minimum Gasteiger partial charge on any atom is -0.508 e. The third-order valence-corrected chi connectivity index (χ3v) is 8.15. The van der Waals surface area contributed by atoms with Gasteiger partial charge in [-0.15, -0.1) is 0 Å². The van der Waals surface area contributed by atoms with Crippen LogP contribution in [0, 0.1) is 38.5 Å². The molecule has 2 aliphatic rings. The third kappa shape index (κ3) is 3.54. The van der Waals surface area contributed by atoms with Crippen LogP contribution in [0.5, 0.6) is 17.2 Å². The molecule has 2 aliphatic carbocycles. The van der Waals surface area contributed by atoms with E-state index in [1.165, 1.54) is 36.0 Å². The van der Waals surface area contributed by atoms with Gasteiger partial charge in [0.1, 0.15) is 17.2 Å². The van der Waals surface area contributed by atoms with Crippen LogP contribution in [0.3, 0.4) is 0 Å². The lowest BCUT2D eigenvalue weighted by molar-refractivity contribution is 0.279. The molecule has 4 atom stereocenters. The van der Waals surface area contributed by atoms with Crippen LogP contribution >= 0.6 is 0 Å². The van der Waals surface area contributed by atoms with Gasteiger partial charge < -0.3 is 15.3 Å². The van der Waals surface area contributed by atoms with E-state index in [9.17, 15) is 15.3 Å². The predicted molar refractivity (Wildman–Crippen MR) is 127 cm³/mol. The average molecular weight is 429 g/mol. The van der Waals surface area contributed by atoms with Crippen LogP contribution in [-0.2, 0) is 0 Å². The zero-order valence-corrected chi connectivity index (χ0v) is 19.0. The first-order chi connectivity index (χ1) is 15.3. The van der Waals surface area contributed by atoms with Crippen LogP contribution in [0.4, 0.5) is 0 Å². The summed E-state index contributed by atoms with van der Waals surface area (Å²) in [6, 6.07) is 18.2. The standard InChI is InChI=1S/C29H32O3/c1-16-10-19(4-7-26(16)30)24-14-23-13-22(24)15-25(23)29(20-5-8-27(31)17(2)11-20)21-6-9-28(32)18(3)12-21/h4-12,22-25,29-32H,13-15H2,1-3H3/t22-,23-,24-,25?/m0/s1. The molecule has 5 rings (SSSR count). The van der Waals surface area contributed by atoms with Crippen molar-refractivity contribution in [1.82, 2.24) is 0 Å². The Labute approximate surface area is 190 Å². The second-order valence-corrected chi connectivity index (χ2v) is 10.1. The van der Waals surface area contributed by atoms with Gasteiger partial charge in [-0.3, -0.25) is 0 Å². The molecular formula is C29H32O3. The number of benzene rings is 3. The number of phenolic OH excluding ortho intramolecular Hbond substituents is 3. The van der Waals surface area contributed by atoms with Gasteiger partial charge in [0.15, 0.2) is 0 Å². The molecule has 0 saturated heterocycles. The van der Waals surface area contributed by atoms with Crippen LogP contribution in [0.1, 0.15) is 64.5 Å². The molecule has 0 aromatic heterocycles. The summed E-state index contributed by atoms with van der Waals surface area (Å²) in [4.78, 5) is 0. The quantitative estimate of drug-likeness (QED) is 0.434. The van der Waals surface area contributed by atoms with Crippen molar-refractivity contribution in [3.05, 3.63) is 88.0 Å². The summed E-state index contributed by atoms with van der Waals surface area (Å²) >= 11 is 0. The van der Waals surface area contributed by atoms with Gasteiger partial charge in [0.2, 0.25) is 0 Å². The van der Waals surface area contributed by atoms with Crippen LogP contribution < -0.4 is 0 Å². The largest absolute Gasteiger partial charge is 0.508 e. The first kappa shape index (κ1) is 20.9. The summed E-state index contributed by atoms with van der Waals surface area (Å²) < 4.78 is 0. The van der Waals surface area contributed by atoms with Crippen molar-refractivity contribution < 1.29 is 15.3 Å². The molecule has 166 valence electrons. The average Bonchev–Trinajstić information content (AvgIpc) is 3.36. The molecule has 3 nitrogen and oxygen atoms in total. The molecule has 3 N–H and O–H groups in total. The van der Waals surface area contributed by atoms with Gasteiger partial charge >= 0.3 is 0 Å². The molecule has 2 saturated carbocycles. The van der Waals surface area contributed by atoms with E-state index in [-0.39, 0.29) is 5.92 Å². The summed E-state index contributed by atoms with van der Waals surface area (Å²) in [5.74, 6) is 3.73. The van der Waals surface area contributed by atoms with E-state index in [4.69, 9.17) is 0 Å². The van der Waals surface area contributed by atoms with Crippen LogP contribution in [0.25, 0.3) is 0 Å². The predicted octanol–water partition coefficient (Wildman–Crippen LogP) is 6.69. The smallest absolute Gasteiger partial charge is 0.118 e. The lowest BCUT2D eigenvalue weighted by atomic mass is 9.69. The van der Waals surface area contributed by atoms with E-state index in [0.29, 0.717) is 40.9 Å². The van der Waals surface area contributed by atoms with Crippen molar-refractivity contribution in [3.8, 4) is 17.2 Å². The van der Waals surface area contributed by atoms with Crippen molar-refractivity contribution in [2.24, 2.45) is 17.8 Å². The van der Waals surface area contributed by atoms with Gasteiger partial charge in [0, 0.05) is 5.92 Å². The SMILES string of the molecule is Cc1cc(C(c2ccc(O)c(C)c2)C2C[C@@H]3C[C@H]2C[C@H]3c2ccc(O)c(C)c2)ccc1O. The number of aryl methyl sites for hydroxylation is 3. The van der Waals surface area contributed by atoms with Crippen LogP contribution in [0.15, 0.2) is 54.6 Å². The Bertz CT molecular complexity index is 1110. The summed E-state index contributed by atoms with van der Waals surface area (Å²) in [6.07, 6.45) is 3.61. The number of phenols is 3. The monoisotopic (exact) mass is 428 g/mol. The summed E-state index contributed by atoms with van der Waals surface area (Å²) in [5.41, 5.74) is 6.63. The maximum atomic E-state index is 10.1. The summed E-state index contributed by atoms with van der Waals surface area (Å²) in [5, 5.41) is 30.1. The Morgan fingerprint density at radius 1 is 0.625 bits per heavy atom. The number of hydrogen-bond donors (Lipinski definition) is 3. The van der Waals surface area contributed by atoms with Crippen LogP contribution in [0.2, 0.25) is 0 Å². The second kappa shape index (κ2) is 7.88. The molecular weight excluding hydrogens is 396 g/mol. The van der Waals surface area contributed by atoms with Crippen molar-refractivity contribution in [3.63, 3.8) is 0 Å². The van der Waals surface area contributed by atoms with E-state index < -0.39 is 0 Å². The molecule has 3 aromatic carbocycles. The molecule has 32 heavy (non-hydrogen) atoms. The van der Waals surface area contributed by atoms with Crippen molar-refractivity contribution >= 4 is 0 Å². The maximum absolute atomic E-state index is 10.1. The molecule has 3 heteroatoms. The number of hydrogen-bond acceptors (Lipinski definition) is 3. The molecule has 2 bridgehead atoms. The van der Waals surface area contributed by atoms with Crippen LogP contribution in [-0.4, -0.2) is 15.3 Å². The topological polar surface area (TPSA) is 60.7 Å². The summed E-state index contributed by atoms with van der Waals surface area (Å²) in [7, 11) is 0. The lowest BCUT2D eigenvalue weighted by Gasteiger charge is -2.35. The van der Waals surface area contributed by atoms with Crippen molar-refractivity contribution in [2.75, 3.05) is 0 Å². The Kier molecular flexibility index (Phi) is 5.16. The van der Waals surface area contributed by atoms with Gasteiger partial charge in [-0.2, -0.15) is 0 Å². The summed E-state index contributed by atoms with van der Waals surface area (Å²) in [6.45, 7) is 5.90. The Morgan fingerprint density at radius 2 is 1.16 bits per heavy atom. The number of rotatable bonds is 4. The lowest BCUT2D eigenvalue weighted by Crippen LogP contribution is -2.23. The fourth-order valence-electron chi connectivity index (χ4n) is 6.48. The Hall–Kier alpha value is -2.94. The van der Waals surface area contributed by atoms with Gasteiger partial charge in [-0.1, -0.05) is 36.4 Å².